The van der Waals surface area contributed by atoms with Crippen LogP contribution in [0, 0.1) is 6.92 Å². The van der Waals surface area contributed by atoms with Crippen molar-refractivity contribution in [2.75, 3.05) is 0 Å². The third kappa shape index (κ3) is 3.29. The first-order chi connectivity index (χ1) is 12.6. The standard InChI is InChI=1S/C20H20N2O3S/c1-12-7-9-14(10-8-12)19-22-21-18(25-19)13(2)24-20(23)16-11-26-17-6-4-3-5-15(16)17/h7-11,13H,3-6H2,1-2H3/t13-/m1/s1. The highest BCUT2D eigenvalue weighted by atomic mass is 32.1. The van der Waals surface area contributed by atoms with Crippen LogP contribution >= 0.6 is 11.3 Å². The van der Waals surface area contributed by atoms with E-state index in [2.05, 4.69) is 10.2 Å². The van der Waals surface area contributed by atoms with E-state index < -0.39 is 6.10 Å². The van der Waals surface area contributed by atoms with Crippen molar-refractivity contribution in [2.45, 2.75) is 45.6 Å². The van der Waals surface area contributed by atoms with Crippen LogP contribution in [0.5, 0.6) is 0 Å². The number of esters is 1. The number of carbonyl (C=O) groups is 1. The molecule has 0 spiro atoms. The fraction of sp³-hybridized carbons (Fsp3) is 0.350. The van der Waals surface area contributed by atoms with Gasteiger partial charge in [0.25, 0.3) is 5.89 Å². The van der Waals surface area contributed by atoms with Crippen LogP contribution in [0.25, 0.3) is 11.5 Å². The molecule has 0 saturated carbocycles. The zero-order valence-corrected chi connectivity index (χ0v) is 15.6. The van der Waals surface area contributed by atoms with Gasteiger partial charge in [0.2, 0.25) is 5.89 Å². The van der Waals surface area contributed by atoms with E-state index in [-0.39, 0.29) is 5.97 Å². The number of aryl methyl sites for hydroxylation is 2. The Morgan fingerprint density at radius 3 is 2.77 bits per heavy atom. The first-order valence-corrected chi connectivity index (χ1v) is 9.70. The normalized spacial score (nSPS) is 14.7. The van der Waals surface area contributed by atoms with Gasteiger partial charge in [-0.3, -0.25) is 0 Å². The molecule has 1 aliphatic rings. The van der Waals surface area contributed by atoms with Crippen LogP contribution in [0.15, 0.2) is 34.1 Å². The van der Waals surface area contributed by atoms with Crippen LogP contribution in [-0.4, -0.2) is 16.2 Å². The van der Waals surface area contributed by atoms with Gasteiger partial charge in [-0.1, -0.05) is 17.7 Å². The smallest absolute Gasteiger partial charge is 0.340 e. The predicted octanol–water partition coefficient (Wildman–Crippen LogP) is 4.90. The molecule has 0 N–H and O–H groups in total. The second-order valence-electron chi connectivity index (χ2n) is 6.62. The number of hydrogen-bond acceptors (Lipinski definition) is 6. The highest BCUT2D eigenvalue weighted by molar-refractivity contribution is 7.10. The van der Waals surface area contributed by atoms with E-state index in [1.165, 1.54) is 11.3 Å². The van der Waals surface area contributed by atoms with Gasteiger partial charge in [0.1, 0.15) is 0 Å². The number of nitrogens with zero attached hydrogens (tertiary/aromatic N) is 2. The maximum atomic E-state index is 12.6. The largest absolute Gasteiger partial charge is 0.449 e. The van der Waals surface area contributed by atoms with Crippen molar-refractivity contribution in [2.24, 2.45) is 0 Å². The summed E-state index contributed by atoms with van der Waals surface area (Å²) in [5.74, 6) is 0.417. The highest BCUT2D eigenvalue weighted by Crippen LogP contribution is 2.32. The lowest BCUT2D eigenvalue weighted by Gasteiger charge is -2.13. The Bertz CT molecular complexity index is 927. The molecule has 0 fully saturated rings. The Labute approximate surface area is 156 Å². The van der Waals surface area contributed by atoms with Crippen molar-refractivity contribution in [1.82, 2.24) is 10.2 Å². The first kappa shape index (κ1) is 17.0. The monoisotopic (exact) mass is 368 g/mol. The van der Waals surface area contributed by atoms with Gasteiger partial charge in [-0.15, -0.1) is 21.5 Å². The summed E-state index contributed by atoms with van der Waals surface area (Å²) >= 11 is 1.65. The summed E-state index contributed by atoms with van der Waals surface area (Å²) in [6, 6.07) is 7.84. The summed E-state index contributed by atoms with van der Waals surface area (Å²) in [5.41, 5.74) is 3.86. The Hall–Kier alpha value is -2.47. The van der Waals surface area contributed by atoms with Gasteiger partial charge in [-0.2, -0.15) is 0 Å². The van der Waals surface area contributed by atoms with Gasteiger partial charge >= 0.3 is 5.97 Å². The lowest BCUT2D eigenvalue weighted by atomic mass is 9.96. The lowest BCUT2D eigenvalue weighted by molar-refractivity contribution is 0.0279. The topological polar surface area (TPSA) is 65.2 Å². The van der Waals surface area contributed by atoms with E-state index >= 15 is 0 Å². The van der Waals surface area contributed by atoms with E-state index in [0.29, 0.717) is 17.3 Å². The quantitative estimate of drug-likeness (QED) is 0.613. The average Bonchev–Trinajstić information content (AvgIpc) is 3.30. The Kier molecular flexibility index (Phi) is 4.59. The van der Waals surface area contributed by atoms with E-state index in [1.807, 2.05) is 36.6 Å². The van der Waals surface area contributed by atoms with Crippen molar-refractivity contribution in [1.29, 1.82) is 0 Å². The molecule has 0 aliphatic heterocycles. The fourth-order valence-corrected chi connectivity index (χ4v) is 4.27. The van der Waals surface area contributed by atoms with E-state index in [9.17, 15) is 4.79 Å². The number of fused-ring (bicyclic) bond motifs is 1. The molecule has 2 aromatic heterocycles. The van der Waals surface area contributed by atoms with Crippen LogP contribution in [-0.2, 0) is 17.6 Å². The molecular weight excluding hydrogens is 348 g/mol. The SMILES string of the molecule is Cc1ccc(-c2nnc([C@@H](C)OC(=O)c3csc4c3CCCC4)o2)cc1. The molecule has 3 aromatic rings. The number of ether oxygens (including phenoxy) is 1. The Balaban J connectivity index is 1.48. The van der Waals surface area contributed by atoms with Crippen molar-refractivity contribution in [3.8, 4) is 11.5 Å². The molecule has 0 amide bonds. The van der Waals surface area contributed by atoms with Gasteiger partial charge in [0.05, 0.1) is 5.56 Å². The van der Waals surface area contributed by atoms with E-state index in [1.54, 1.807) is 18.3 Å². The second kappa shape index (κ2) is 7.03. The molecule has 0 radical (unpaired) electrons. The van der Waals surface area contributed by atoms with Gasteiger partial charge < -0.3 is 9.15 Å². The van der Waals surface area contributed by atoms with Crippen LogP contribution in [0.4, 0.5) is 0 Å². The maximum absolute atomic E-state index is 12.6. The molecule has 1 aromatic carbocycles. The summed E-state index contributed by atoms with van der Waals surface area (Å²) in [6.45, 7) is 3.77. The molecule has 4 rings (SSSR count). The number of aromatic nitrogens is 2. The summed E-state index contributed by atoms with van der Waals surface area (Å²) in [6.07, 6.45) is 3.75. The third-order valence-corrected chi connectivity index (χ3v) is 5.74. The van der Waals surface area contributed by atoms with Gasteiger partial charge in [0, 0.05) is 15.8 Å². The van der Waals surface area contributed by atoms with Crippen LogP contribution in [0.1, 0.15) is 58.1 Å². The van der Waals surface area contributed by atoms with E-state index in [4.69, 9.17) is 9.15 Å². The first-order valence-electron chi connectivity index (χ1n) is 8.82. The van der Waals surface area contributed by atoms with Gasteiger partial charge in [-0.05, 0) is 57.2 Å². The van der Waals surface area contributed by atoms with Crippen LogP contribution in [0.3, 0.4) is 0 Å². The predicted molar refractivity (Wildman–Crippen MR) is 99.3 cm³/mol. The zero-order chi connectivity index (χ0) is 18.1. The molecule has 5 nitrogen and oxygen atoms in total. The molecule has 0 bridgehead atoms. The summed E-state index contributed by atoms with van der Waals surface area (Å²) < 4.78 is 11.3. The molecule has 1 atom stereocenters. The molecule has 1 aliphatic carbocycles. The summed E-state index contributed by atoms with van der Waals surface area (Å²) in [4.78, 5) is 13.9. The molecule has 26 heavy (non-hydrogen) atoms. The molecule has 6 heteroatoms. The average molecular weight is 368 g/mol. The van der Waals surface area contributed by atoms with Gasteiger partial charge in [-0.25, -0.2) is 4.79 Å². The van der Waals surface area contributed by atoms with Crippen molar-refractivity contribution >= 4 is 17.3 Å². The minimum absolute atomic E-state index is 0.304. The zero-order valence-electron chi connectivity index (χ0n) is 14.8. The molecular formula is C20H20N2O3S. The molecule has 0 saturated heterocycles. The molecule has 2 heterocycles. The number of hydrogen-bond donors (Lipinski definition) is 0. The lowest BCUT2D eigenvalue weighted by Crippen LogP contribution is -2.12. The van der Waals surface area contributed by atoms with Crippen LogP contribution in [0.2, 0.25) is 0 Å². The summed E-state index contributed by atoms with van der Waals surface area (Å²) in [5, 5.41) is 10.0. The van der Waals surface area contributed by atoms with Crippen molar-refractivity contribution < 1.29 is 13.9 Å². The highest BCUT2D eigenvalue weighted by Gasteiger charge is 2.25. The molecule has 0 unspecified atom stereocenters. The third-order valence-electron chi connectivity index (χ3n) is 4.65. The minimum atomic E-state index is -0.590. The van der Waals surface area contributed by atoms with Crippen molar-refractivity contribution in [3.05, 3.63) is 57.1 Å². The van der Waals surface area contributed by atoms with Crippen LogP contribution < -0.4 is 0 Å². The fourth-order valence-electron chi connectivity index (χ4n) is 3.15. The maximum Gasteiger partial charge on any atom is 0.340 e. The van der Waals surface area contributed by atoms with E-state index in [0.717, 1.165) is 36.0 Å². The van der Waals surface area contributed by atoms with Crippen molar-refractivity contribution in [3.63, 3.8) is 0 Å². The minimum Gasteiger partial charge on any atom is -0.449 e. The second-order valence-corrected chi connectivity index (χ2v) is 7.58. The number of rotatable bonds is 4. The summed E-state index contributed by atoms with van der Waals surface area (Å²) in [7, 11) is 0. The number of benzene rings is 1. The number of carbonyl (C=O) groups excluding carboxylic acids is 1. The Morgan fingerprint density at radius 2 is 1.96 bits per heavy atom. The molecule has 134 valence electrons. The van der Waals surface area contributed by atoms with Gasteiger partial charge in [0.15, 0.2) is 6.10 Å². The number of thiophene rings is 1. The Morgan fingerprint density at radius 1 is 1.19 bits per heavy atom.